The minimum absolute atomic E-state index is 0.780. The number of benzene rings is 1. The molecule has 3 nitrogen and oxygen atoms in total. The Morgan fingerprint density at radius 2 is 1.72 bits per heavy atom. The first-order valence-electron chi connectivity index (χ1n) is 8.36. The SMILES string of the molecule is C1=Cc2c(sc3nc(-c4ccccc4)nc(-c4ccncc4)c23)CC1. The van der Waals surface area contributed by atoms with Crippen molar-refractivity contribution in [3.8, 4) is 22.6 Å². The molecule has 4 heteroatoms. The number of hydrogen-bond donors (Lipinski definition) is 0. The highest BCUT2D eigenvalue weighted by Gasteiger charge is 2.20. The first-order chi connectivity index (χ1) is 12.4. The van der Waals surface area contributed by atoms with Crippen LogP contribution >= 0.6 is 11.3 Å². The van der Waals surface area contributed by atoms with Crippen molar-refractivity contribution in [3.63, 3.8) is 0 Å². The number of nitrogens with zero attached hydrogens (tertiary/aromatic N) is 3. The van der Waals surface area contributed by atoms with E-state index in [-0.39, 0.29) is 0 Å². The van der Waals surface area contributed by atoms with Crippen molar-refractivity contribution in [1.29, 1.82) is 0 Å². The van der Waals surface area contributed by atoms with Crippen LogP contribution in [0, 0.1) is 0 Å². The number of allylic oxidation sites excluding steroid dienone is 1. The van der Waals surface area contributed by atoms with Gasteiger partial charge in [-0.3, -0.25) is 4.98 Å². The number of rotatable bonds is 2. The van der Waals surface area contributed by atoms with Crippen LogP contribution in [0.25, 0.3) is 38.9 Å². The Kier molecular flexibility index (Phi) is 3.42. The molecule has 3 heterocycles. The molecule has 120 valence electrons. The standard InChI is InChI=1S/C21H15N3S/c1-2-6-15(7-3-1)20-23-19(14-10-12-22-13-11-14)18-16-8-4-5-9-17(16)25-21(18)24-20/h1-4,6-8,10-13H,5,9H2. The van der Waals surface area contributed by atoms with Crippen LogP contribution in [0.1, 0.15) is 16.9 Å². The molecule has 3 aromatic heterocycles. The Bertz CT molecular complexity index is 1080. The molecular formula is C21H15N3S. The maximum Gasteiger partial charge on any atom is 0.161 e. The van der Waals surface area contributed by atoms with E-state index in [1.54, 1.807) is 11.3 Å². The number of thiophene rings is 1. The van der Waals surface area contributed by atoms with Crippen molar-refractivity contribution < 1.29 is 0 Å². The summed E-state index contributed by atoms with van der Waals surface area (Å²) >= 11 is 1.80. The predicted octanol–water partition coefficient (Wildman–Crippen LogP) is 5.38. The summed E-state index contributed by atoms with van der Waals surface area (Å²) in [5.41, 5.74) is 4.41. The van der Waals surface area contributed by atoms with Crippen LogP contribution in [0.2, 0.25) is 0 Å². The normalized spacial score (nSPS) is 13.1. The van der Waals surface area contributed by atoms with Gasteiger partial charge in [-0.05, 0) is 30.5 Å². The predicted molar refractivity (Wildman–Crippen MR) is 103 cm³/mol. The lowest BCUT2D eigenvalue weighted by atomic mass is 10.0. The molecule has 0 saturated heterocycles. The van der Waals surface area contributed by atoms with E-state index in [2.05, 4.69) is 29.3 Å². The number of pyridine rings is 1. The molecular weight excluding hydrogens is 326 g/mol. The third-order valence-corrected chi connectivity index (χ3v) is 5.63. The van der Waals surface area contributed by atoms with Gasteiger partial charge in [0.1, 0.15) is 4.83 Å². The molecule has 5 rings (SSSR count). The first-order valence-corrected chi connectivity index (χ1v) is 9.17. The van der Waals surface area contributed by atoms with Gasteiger partial charge in [0.15, 0.2) is 5.82 Å². The summed E-state index contributed by atoms with van der Waals surface area (Å²) < 4.78 is 0. The Morgan fingerprint density at radius 1 is 0.880 bits per heavy atom. The van der Waals surface area contributed by atoms with Crippen LogP contribution < -0.4 is 0 Å². The van der Waals surface area contributed by atoms with Gasteiger partial charge in [0.2, 0.25) is 0 Å². The summed E-state index contributed by atoms with van der Waals surface area (Å²) in [6, 6.07) is 14.2. The Balaban J connectivity index is 1.85. The molecule has 0 amide bonds. The third-order valence-electron chi connectivity index (χ3n) is 4.47. The summed E-state index contributed by atoms with van der Waals surface area (Å²) in [6.45, 7) is 0. The first kappa shape index (κ1) is 14.5. The van der Waals surface area contributed by atoms with Gasteiger partial charge < -0.3 is 0 Å². The lowest BCUT2D eigenvalue weighted by Crippen LogP contribution is -1.95. The van der Waals surface area contributed by atoms with E-state index < -0.39 is 0 Å². The zero-order valence-electron chi connectivity index (χ0n) is 13.5. The molecule has 1 aliphatic carbocycles. The number of aromatic nitrogens is 3. The molecule has 1 aromatic carbocycles. The fourth-order valence-corrected chi connectivity index (χ4v) is 4.45. The highest BCUT2D eigenvalue weighted by Crippen LogP contribution is 2.40. The van der Waals surface area contributed by atoms with E-state index in [4.69, 9.17) is 9.97 Å². The van der Waals surface area contributed by atoms with Crippen LogP contribution in [0.3, 0.4) is 0 Å². The van der Waals surface area contributed by atoms with E-state index in [1.807, 2.05) is 42.7 Å². The van der Waals surface area contributed by atoms with Crippen LogP contribution in [-0.2, 0) is 6.42 Å². The maximum atomic E-state index is 4.96. The molecule has 0 N–H and O–H groups in total. The van der Waals surface area contributed by atoms with Gasteiger partial charge in [-0.15, -0.1) is 11.3 Å². The maximum absolute atomic E-state index is 4.96. The van der Waals surface area contributed by atoms with E-state index in [1.165, 1.54) is 15.8 Å². The third kappa shape index (κ3) is 2.46. The summed E-state index contributed by atoms with van der Waals surface area (Å²) in [6.07, 6.45) is 10.3. The van der Waals surface area contributed by atoms with E-state index in [9.17, 15) is 0 Å². The zero-order chi connectivity index (χ0) is 16.6. The van der Waals surface area contributed by atoms with Crippen LogP contribution in [0.4, 0.5) is 0 Å². The molecule has 0 bridgehead atoms. The minimum atomic E-state index is 0.780. The van der Waals surface area contributed by atoms with Crippen molar-refractivity contribution in [2.75, 3.05) is 0 Å². The molecule has 0 saturated carbocycles. The summed E-state index contributed by atoms with van der Waals surface area (Å²) in [4.78, 5) is 16.5. The fraction of sp³-hybridized carbons (Fsp3) is 0.0952. The fourth-order valence-electron chi connectivity index (χ4n) is 3.28. The van der Waals surface area contributed by atoms with Crippen molar-refractivity contribution in [2.24, 2.45) is 0 Å². The lowest BCUT2D eigenvalue weighted by molar-refractivity contribution is 1.02. The molecule has 25 heavy (non-hydrogen) atoms. The van der Waals surface area contributed by atoms with Gasteiger partial charge in [-0.1, -0.05) is 42.5 Å². The zero-order valence-corrected chi connectivity index (χ0v) is 14.3. The molecule has 1 aliphatic rings. The van der Waals surface area contributed by atoms with E-state index in [0.717, 1.165) is 40.3 Å². The topological polar surface area (TPSA) is 38.7 Å². The second-order valence-corrected chi connectivity index (χ2v) is 7.14. The number of aryl methyl sites for hydroxylation is 1. The van der Waals surface area contributed by atoms with Gasteiger partial charge >= 0.3 is 0 Å². The van der Waals surface area contributed by atoms with Gasteiger partial charge in [0.25, 0.3) is 0 Å². The molecule has 0 spiro atoms. The summed E-state index contributed by atoms with van der Waals surface area (Å²) in [5, 5.41) is 1.17. The average Bonchev–Trinajstić information content (AvgIpc) is 3.07. The Labute approximate surface area is 149 Å². The van der Waals surface area contributed by atoms with Crippen molar-refractivity contribution in [3.05, 3.63) is 71.4 Å². The van der Waals surface area contributed by atoms with Crippen molar-refractivity contribution in [2.45, 2.75) is 12.8 Å². The van der Waals surface area contributed by atoms with Crippen LogP contribution in [0.15, 0.2) is 60.9 Å². The molecule has 0 fully saturated rings. The van der Waals surface area contributed by atoms with Crippen molar-refractivity contribution >= 4 is 27.6 Å². The largest absolute Gasteiger partial charge is 0.265 e. The summed E-state index contributed by atoms with van der Waals surface area (Å²) in [7, 11) is 0. The monoisotopic (exact) mass is 341 g/mol. The van der Waals surface area contributed by atoms with Crippen LogP contribution in [-0.4, -0.2) is 15.0 Å². The Hall–Kier alpha value is -2.85. The van der Waals surface area contributed by atoms with Crippen LogP contribution in [0.5, 0.6) is 0 Å². The minimum Gasteiger partial charge on any atom is -0.265 e. The van der Waals surface area contributed by atoms with Crippen molar-refractivity contribution in [1.82, 2.24) is 15.0 Å². The molecule has 0 atom stereocenters. The van der Waals surface area contributed by atoms with Gasteiger partial charge in [-0.25, -0.2) is 9.97 Å². The quantitative estimate of drug-likeness (QED) is 0.491. The highest BCUT2D eigenvalue weighted by molar-refractivity contribution is 7.19. The van der Waals surface area contributed by atoms with Gasteiger partial charge in [-0.2, -0.15) is 0 Å². The molecule has 0 aliphatic heterocycles. The highest BCUT2D eigenvalue weighted by atomic mass is 32.1. The summed E-state index contributed by atoms with van der Waals surface area (Å²) in [5.74, 6) is 0.780. The number of hydrogen-bond acceptors (Lipinski definition) is 4. The molecule has 4 aromatic rings. The second-order valence-electron chi connectivity index (χ2n) is 6.06. The average molecular weight is 341 g/mol. The van der Waals surface area contributed by atoms with E-state index in [0.29, 0.717) is 0 Å². The lowest BCUT2D eigenvalue weighted by Gasteiger charge is -2.09. The smallest absolute Gasteiger partial charge is 0.161 e. The van der Waals surface area contributed by atoms with Gasteiger partial charge in [0.05, 0.1) is 5.69 Å². The van der Waals surface area contributed by atoms with E-state index >= 15 is 0 Å². The molecule has 0 unspecified atom stereocenters. The second kappa shape index (κ2) is 5.90. The number of fused-ring (bicyclic) bond motifs is 3. The molecule has 0 radical (unpaired) electrons. The van der Waals surface area contributed by atoms with Gasteiger partial charge in [0, 0.05) is 33.8 Å². The Morgan fingerprint density at radius 3 is 2.56 bits per heavy atom.